The minimum absolute atomic E-state index is 0.0317. The second-order valence-electron chi connectivity index (χ2n) is 5.17. The van der Waals surface area contributed by atoms with E-state index < -0.39 is 17.2 Å². The lowest BCUT2D eigenvalue weighted by atomic mass is 10.2. The van der Waals surface area contributed by atoms with E-state index in [4.69, 9.17) is 5.73 Å². The van der Waals surface area contributed by atoms with E-state index in [0.29, 0.717) is 10.9 Å². The van der Waals surface area contributed by atoms with Gasteiger partial charge in [0, 0.05) is 25.7 Å². The van der Waals surface area contributed by atoms with Gasteiger partial charge in [-0.05, 0) is 6.07 Å². The van der Waals surface area contributed by atoms with Crippen LogP contribution < -0.4 is 17.0 Å². The molecule has 3 N–H and O–H groups in total. The summed E-state index contributed by atoms with van der Waals surface area (Å²) in [5, 5.41) is 9.83. The van der Waals surface area contributed by atoms with Crippen LogP contribution in [0.1, 0.15) is 10.4 Å². The normalized spacial score (nSPS) is 11.0. The van der Waals surface area contributed by atoms with Gasteiger partial charge in [-0.1, -0.05) is 18.2 Å². The average molecular weight is 314 g/mol. The molecule has 0 saturated carbocycles. The number of hydrogen-bond donors (Lipinski definition) is 2. The number of anilines is 1. The molecule has 0 atom stereocenters. The highest BCUT2D eigenvalue weighted by Gasteiger charge is 2.20. The van der Waals surface area contributed by atoms with Crippen molar-refractivity contribution < 1.29 is 9.90 Å². The first-order valence-corrected chi connectivity index (χ1v) is 6.73. The van der Waals surface area contributed by atoms with E-state index in [1.54, 1.807) is 24.3 Å². The Kier molecular flexibility index (Phi) is 3.10. The third kappa shape index (κ3) is 1.95. The maximum absolute atomic E-state index is 12.5. The molecule has 0 unspecified atom stereocenters. The van der Waals surface area contributed by atoms with Crippen LogP contribution in [0.2, 0.25) is 0 Å². The molecule has 3 rings (SSSR count). The van der Waals surface area contributed by atoms with Crippen molar-refractivity contribution in [2.24, 2.45) is 14.1 Å². The lowest BCUT2D eigenvalue weighted by Crippen LogP contribution is -2.40. The predicted octanol–water partition coefficient (Wildman–Crippen LogP) is 0.308. The summed E-state index contributed by atoms with van der Waals surface area (Å²) in [5.41, 5.74) is 5.41. The van der Waals surface area contributed by atoms with Crippen LogP contribution in [0.3, 0.4) is 0 Å². The fourth-order valence-electron chi connectivity index (χ4n) is 2.60. The molecule has 0 fully saturated rings. The zero-order valence-corrected chi connectivity index (χ0v) is 12.5. The highest BCUT2D eigenvalue weighted by Crippen LogP contribution is 2.25. The number of para-hydroxylation sites is 1. The van der Waals surface area contributed by atoms with Gasteiger partial charge in [0.1, 0.15) is 5.82 Å². The molecule has 0 amide bonds. The third-order valence-electron chi connectivity index (χ3n) is 3.87. The molecule has 0 aliphatic rings. The van der Waals surface area contributed by atoms with Gasteiger partial charge in [-0.15, -0.1) is 0 Å². The predicted molar refractivity (Wildman–Crippen MR) is 85.1 cm³/mol. The first-order chi connectivity index (χ1) is 10.8. The van der Waals surface area contributed by atoms with Crippen LogP contribution in [-0.2, 0) is 14.1 Å². The number of nitrogens with two attached hydrogens (primary N) is 1. The van der Waals surface area contributed by atoms with Gasteiger partial charge in [0.05, 0.1) is 11.1 Å². The number of carbonyl (C=O) groups is 1. The summed E-state index contributed by atoms with van der Waals surface area (Å²) in [4.78, 5) is 35.8. The van der Waals surface area contributed by atoms with Crippen molar-refractivity contribution in [2.45, 2.75) is 0 Å². The number of aromatic nitrogens is 3. The molecular formula is C15H14N4O4. The van der Waals surface area contributed by atoms with Crippen molar-refractivity contribution in [1.29, 1.82) is 0 Å². The molecule has 2 heterocycles. The molecular weight excluding hydrogens is 300 g/mol. The second-order valence-corrected chi connectivity index (χ2v) is 5.17. The quantitative estimate of drug-likeness (QED) is 0.707. The molecule has 0 aliphatic carbocycles. The molecule has 23 heavy (non-hydrogen) atoms. The van der Waals surface area contributed by atoms with E-state index >= 15 is 0 Å². The minimum Gasteiger partial charge on any atom is -0.478 e. The molecule has 0 bridgehead atoms. The second kappa shape index (κ2) is 4.87. The summed E-state index contributed by atoms with van der Waals surface area (Å²) in [5.74, 6) is -1.14. The fraction of sp³-hybridized carbons (Fsp3) is 0.133. The van der Waals surface area contributed by atoms with Gasteiger partial charge in [-0.3, -0.25) is 13.9 Å². The van der Waals surface area contributed by atoms with E-state index in [-0.39, 0.29) is 17.1 Å². The summed E-state index contributed by atoms with van der Waals surface area (Å²) < 4.78 is 3.49. The van der Waals surface area contributed by atoms with Gasteiger partial charge in [-0.25, -0.2) is 9.59 Å². The molecule has 0 radical (unpaired) electrons. The summed E-state index contributed by atoms with van der Waals surface area (Å²) in [6, 6.07) is 6.78. The van der Waals surface area contributed by atoms with Crippen LogP contribution in [0.15, 0.2) is 40.1 Å². The van der Waals surface area contributed by atoms with Crippen molar-refractivity contribution in [3.8, 4) is 5.69 Å². The molecule has 3 aromatic rings. The molecule has 118 valence electrons. The lowest BCUT2D eigenvalue weighted by Gasteiger charge is -2.13. The highest BCUT2D eigenvalue weighted by atomic mass is 16.4. The Bertz CT molecular complexity index is 1070. The first kappa shape index (κ1) is 14.6. The van der Waals surface area contributed by atoms with Crippen molar-refractivity contribution >= 4 is 22.7 Å². The van der Waals surface area contributed by atoms with Crippen molar-refractivity contribution in [3.63, 3.8) is 0 Å². The molecule has 8 nitrogen and oxygen atoms in total. The minimum atomic E-state index is -1.11. The van der Waals surface area contributed by atoms with E-state index in [1.807, 2.05) is 0 Å². The summed E-state index contributed by atoms with van der Waals surface area (Å²) >= 11 is 0. The van der Waals surface area contributed by atoms with Crippen molar-refractivity contribution in [3.05, 3.63) is 56.9 Å². The number of carboxylic acid groups (broad SMARTS) is 1. The van der Waals surface area contributed by atoms with E-state index in [2.05, 4.69) is 0 Å². The average Bonchev–Trinajstić information content (AvgIpc) is 2.91. The van der Waals surface area contributed by atoms with E-state index in [0.717, 1.165) is 9.13 Å². The van der Waals surface area contributed by atoms with Gasteiger partial charge in [0.25, 0.3) is 5.56 Å². The van der Waals surface area contributed by atoms with Crippen LogP contribution in [0, 0.1) is 0 Å². The van der Waals surface area contributed by atoms with Gasteiger partial charge in [0.2, 0.25) is 0 Å². The van der Waals surface area contributed by atoms with Gasteiger partial charge >= 0.3 is 11.7 Å². The van der Waals surface area contributed by atoms with Crippen LogP contribution >= 0.6 is 0 Å². The Morgan fingerprint density at radius 3 is 2.43 bits per heavy atom. The van der Waals surface area contributed by atoms with E-state index in [1.165, 1.54) is 24.9 Å². The monoisotopic (exact) mass is 314 g/mol. The number of rotatable bonds is 2. The maximum Gasteiger partial charge on any atom is 0.337 e. The van der Waals surface area contributed by atoms with E-state index in [9.17, 15) is 19.5 Å². The van der Waals surface area contributed by atoms with Crippen LogP contribution in [0.5, 0.6) is 0 Å². The molecule has 0 spiro atoms. The number of hydrogen-bond acceptors (Lipinski definition) is 4. The number of fused-ring (bicyclic) bond motifs is 1. The lowest BCUT2D eigenvalue weighted by molar-refractivity contribution is 0.0699. The first-order valence-electron chi connectivity index (χ1n) is 6.73. The summed E-state index contributed by atoms with van der Waals surface area (Å²) in [6.45, 7) is 0. The summed E-state index contributed by atoms with van der Waals surface area (Å²) in [7, 11) is 2.79. The smallest absolute Gasteiger partial charge is 0.337 e. The van der Waals surface area contributed by atoms with Gasteiger partial charge < -0.3 is 15.4 Å². The molecule has 2 aromatic heterocycles. The van der Waals surface area contributed by atoms with Crippen molar-refractivity contribution in [2.75, 3.05) is 5.73 Å². The topological polar surface area (TPSA) is 112 Å². The summed E-state index contributed by atoms with van der Waals surface area (Å²) in [6.07, 6.45) is 1.34. The molecule has 0 saturated heterocycles. The maximum atomic E-state index is 12.5. The number of aromatic carboxylic acids is 1. The standard InChI is InChI=1S/C15H14N4O4/c1-17-12(16)11(13(20)18(2)15(17)23)19-7-9(14(21)22)8-5-3-4-6-10(8)19/h3-7H,16H2,1-2H3,(H,21,22). The van der Waals surface area contributed by atoms with Crippen LogP contribution in [-0.4, -0.2) is 24.8 Å². The zero-order valence-electron chi connectivity index (χ0n) is 12.5. The highest BCUT2D eigenvalue weighted by molar-refractivity contribution is 6.04. The number of carboxylic acids is 1. The Morgan fingerprint density at radius 2 is 1.78 bits per heavy atom. The van der Waals surface area contributed by atoms with Crippen molar-refractivity contribution in [1.82, 2.24) is 13.7 Å². The Balaban J connectivity index is 2.51. The van der Waals surface area contributed by atoms with Crippen LogP contribution in [0.4, 0.5) is 5.82 Å². The van der Waals surface area contributed by atoms with Crippen LogP contribution in [0.25, 0.3) is 16.6 Å². The Labute approximate surface area is 129 Å². The molecule has 1 aromatic carbocycles. The number of nitrogens with zero attached hydrogens (tertiary/aromatic N) is 3. The zero-order chi connectivity index (χ0) is 16.9. The Hall–Kier alpha value is -3.29. The fourth-order valence-corrected chi connectivity index (χ4v) is 2.60. The largest absolute Gasteiger partial charge is 0.478 e. The SMILES string of the molecule is Cn1c(N)c(-n2cc(C(=O)O)c3ccccc32)c(=O)n(C)c1=O. The number of nitrogen functional groups attached to an aromatic ring is 1. The van der Waals surface area contributed by atoms with Gasteiger partial charge in [-0.2, -0.15) is 0 Å². The number of benzene rings is 1. The Morgan fingerprint density at radius 1 is 1.13 bits per heavy atom. The third-order valence-corrected chi connectivity index (χ3v) is 3.87. The molecule has 0 aliphatic heterocycles. The molecule has 8 heteroatoms. The van der Waals surface area contributed by atoms with Gasteiger partial charge in [0.15, 0.2) is 5.69 Å².